The van der Waals surface area contributed by atoms with Crippen LogP contribution in [0.3, 0.4) is 0 Å². The zero-order chi connectivity index (χ0) is 50.5. The second-order valence-corrected chi connectivity index (χ2v) is 18.2. The van der Waals surface area contributed by atoms with Crippen molar-refractivity contribution >= 4 is 11.9 Å². The van der Waals surface area contributed by atoms with E-state index in [0.717, 1.165) is 0 Å². The van der Waals surface area contributed by atoms with Crippen molar-refractivity contribution in [2.45, 2.75) is 190 Å². The lowest BCUT2D eigenvalue weighted by Crippen LogP contribution is -2.61. The fourth-order valence-corrected chi connectivity index (χ4v) is 8.15. The number of hydrogen-bond donors (Lipinski definition) is 11. The van der Waals surface area contributed by atoms with Gasteiger partial charge in [0, 0.05) is 31.1 Å². The number of cyclic esters (lactones) is 1. The third kappa shape index (κ3) is 19.4. The van der Waals surface area contributed by atoms with Crippen molar-refractivity contribution in [3.63, 3.8) is 0 Å². The summed E-state index contributed by atoms with van der Waals surface area (Å²) in [7, 11) is 0. The summed E-state index contributed by atoms with van der Waals surface area (Å²) in [6.07, 6.45) is 2.83. The van der Waals surface area contributed by atoms with Crippen LogP contribution in [0.2, 0.25) is 0 Å². The zero-order valence-corrected chi connectivity index (χ0v) is 39.9. The van der Waals surface area contributed by atoms with Crippen LogP contribution in [0, 0.1) is 17.8 Å². The van der Waals surface area contributed by atoms with Gasteiger partial charge in [-0.05, 0) is 39.5 Å². The standard InChI is InChI=1S/C50H79NO17/c1-6-23-64-49(63)43-38(56)28-41-47(61)39(57)27-37(55)36(54)22-21-33(52)24-34(53)25-42(58)65-31(4)30(3)45(59)29(2)19-17-15-13-11-9-7-8-10-12-14-16-18-20-35(26-40(43)68-41)67-50-48(62)44(51)46(60)32(5)66-50/h7-20,29-41,43-48,50,52-57,59-62H,6,21-28,51H2,1-5H3/b8-7+,11-9+,12-10+,15-13+,16-14+,19-17+,20-18+/t29-,30-,31-,32+,33+,34+,35-,36+,37+,38-,39-,40-,41?,43+,44-,45+,46+,47+,48-,50-/m0/s1. The van der Waals surface area contributed by atoms with Gasteiger partial charge in [0.25, 0.3) is 0 Å². The van der Waals surface area contributed by atoms with Gasteiger partial charge in [-0.2, -0.15) is 0 Å². The minimum absolute atomic E-state index is 0.0506. The fourth-order valence-electron chi connectivity index (χ4n) is 8.15. The first-order valence-corrected chi connectivity index (χ1v) is 23.8. The molecule has 0 radical (unpaired) electrons. The molecule has 2 bridgehead atoms. The Hall–Kier alpha value is -3.44. The third-order valence-corrected chi connectivity index (χ3v) is 12.6. The minimum atomic E-state index is -1.75. The van der Waals surface area contributed by atoms with Gasteiger partial charge < -0.3 is 80.5 Å². The van der Waals surface area contributed by atoms with E-state index in [2.05, 4.69) is 0 Å². The molecule has 3 rings (SSSR count). The normalized spacial score (nSPS) is 44.0. The summed E-state index contributed by atoms with van der Waals surface area (Å²) in [6.45, 7) is 8.64. The van der Waals surface area contributed by atoms with Crippen LogP contribution in [0.4, 0.5) is 0 Å². The summed E-state index contributed by atoms with van der Waals surface area (Å²) < 4.78 is 29.1. The van der Waals surface area contributed by atoms with E-state index in [1.165, 1.54) is 0 Å². The Labute approximate surface area is 400 Å². The van der Waals surface area contributed by atoms with Crippen LogP contribution in [-0.2, 0) is 33.3 Å². The van der Waals surface area contributed by atoms with E-state index in [-0.39, 0.29) is 44.6 Å². The molecule has 12 N–H and O–H groups in total. The lowest BCUT2D eigenvalue weighted by atomic mass is 9.83. The molecule has 18 heteroatoms. The molecule has 0 aliphatic carbocycles. The Morgan fingerprint density at radius 3 is 1.81 bits per heavy atom. The number of aliphatic hydroxyl groups excluding tert-OH is 10. The maximum Gasteiger partial charge on any atom is 0.314 e. The minimum Gasteiger partial charge on any atom is -0.465 e. The van der Waals surface area contributed by atoms with Gasteiger partial charge in [-0.15, -0.1) is 0 Å². The van der Waals surface area contributed by atoms with Crippen LogP contribution < -0.4 is 5.73 Å². The molecule has 0 spiro atoms. The van der Waals surface area contributed by atoms with E-state index in [1.54, 1.807) is 70.2 Å². The zero-order valence-electron chi connectivity index (χ0n) is 39.9. The number of ether oxygens (including phenoxy) is 5. The summed E-state index contributed by atoms with van der Waals surface area (Å²) in [5.41, 5.74) is 6.08. The van der Waals surface area contributed by atoms with Crippen LogP contribution in [0.1, 0.15) is 86.0 Å². The first-order valence-electron chi connectivity index (χ1n) is 23.8. The maximum absolute atomic E-state index is 13.4. The summed E-state index contributed by atoms with van der Waals surface area (Å²) in [4.78, 5) is 26.1. The van der Waals surface area contributed by atoms with E-state index in [9.17, 15) is 60.7 Å². The molecule has 1 unspecified atom stereocenters. The number of carbonyl (C=O) groups is 2. The van der Waals surface area contributed by atoms with Gasteiger partial charge in [-0.3, -0.25) is 9.59 Å². The van der Waals surface area contributed by atoms with Crippen molar-refractivity contribution in [2.75, 3.05) is 6.61 Å². The second-order valence-electron chi connectivity index (χ2n) is 18.2. The Balaban J connectivity index is 1.91. The molecule has 0 saturated carbocycles. The van der Waals surface area contributed by atoms with Gasteiger partial charge in [0.15, 0.2) is 6.29 Å². The van der Waals surface area contributed by atoms with E-state index in [0.29, 0.717) is 6.42 Å². The Kier molecular flexibility index (Phi) is 26.3. The average molecular weight is 966 g/mol. The van der Waals surface area contributed by atoms with Crippen molar-refractivity contribution in [2.24, 2.45) is 23.5 Å². The van der Waals surface area contributed by atoms with Gasteiger partial charge >= 0.3 is 11.9 Å². The van der Waals surface area contributed by atoms with Crippen LogP contribution >= 0.6 is 0 Å². The molecule has 2 saturated heterocycles. The number of rotatable bonds is 5. The topological polar surface area (TPSA) is 309 Å². The molecule has 3 heterocycles. The number of aliphatic hydroxyl groups is 10. The van der Waals surface area contributed by atoms with E-state index >= 15 is 0 Å². The SMILES string of the molecule is CCCOC(=O)[C@H]1[C@@H]2C[C@@H](O[C@@H]3O[C@H](C)[C@@H](O)[C@H](N)[C@@H]3O)/C=C/C=C/C=C/C=C/C=C/C=C/C=C/[C@H](C)[C@@H](O)[C@@H](C)[C@H](C)OC(=O)C[C@H](O)C[C@H](O)CC[C@@H](O)[C@H](O)C[C@H](O)[C@@H](O)C(C[C@@H]1O)O2. The summed E-state index contributed by atoms with van der Waals surface area (Å²) in [5, 5.41) is 109. The molecule has 18 nitrogen and oxygen atoms in total. The quantitative estimate of drug-likeness (QED) is 0.173. The fraction of sp³-hybridized carbons (Fsp3) is 0.680. The Morgan fingerprint density at radius 1 is 0.618 bits per heavy atom. The molecule has 2 fully saturated rings. The highest BCUT2D eigenvalue weighted by Gasteiger charge is 2.48. The van der Waals surface area contributed by atoms with Gasteiger partial charge in [0.2, 0.25) is 0 Å². The van der Waals surface area contributed by atoms with Crippen molar-refractivity contribution in [1.29, 1.82) is 0 Å². The smallest absolute Gasteiger partial charge is 0.314 e. The summed E-state index contributed by atoms with van der Waals surface area (Å²) >= 11 is 0. The molecule has 20 atom stereocenters. The highest BCUT2D eigenvalue weighted by molar-refractivity contribution is 5.74. The number of esters is 2. The number of carbonyl (C=O) groups excluding carboxylic acids is 2. The molecule has 0 aromatic rings. The molecule has 0 aromatic heterocycles. The summed E-state index contributed by atoms with van der Waals surface area (Å²) in [5.74, 6) is -3.52. The number of hydrogen-bond acceptors (Lipinski definition) is 18. The number of fused-ring (bicyclic) bond motifs is 2. The molecule has 3 aliphatic rings. The van der Waals surface area contributed by atoms with Gasteiger partial charge in [0.1, 0.15) is 24.2 Å². The lowest BCUT2D eigenvalue weighted by Gasteiger charge is -2.43. The first kappa shape index (κ1) is 58.9. The molecule has 68 heavy (non-hydrogen) atoms. The maximum atomic E-state index is 13.4. The van der Waals surface area contributed by atoms with Crippen LogP contribution in [0.15, 0.2) is 85.1 Å². The van der Waals surface area contributed by atoms with Gasteiger partial charge in [0.05, 0.1) is 92.3 Å². The molecular weight excluding hydrogens is 887 g/mol. The molecule has 0 amide bonds. The largest absolute Gasteiger partial charge is 0.465 e. The Morgan fingerprint density at radius 2 is 1.21 bits per heavy atom. The monoisotopic (exact) mass is 966 g/mol. The number of nitrogens with two attached hydrogens (primary N) is 1. The molecule has 386 valence electrons. The second kappa shape index (κ2) is 30.3. The molecule has 0 aromatic carbocycles. The molecular formula is C50H79NO17. The average Bonchev–Trinajstić information content (AvgIpc) is 3.29. The third-order valence-electron chi connectivity index (χ3n) is 12.6. The van der Waals surface area contributed by atoms with Crippen molar-refractivity contribution in [3.05, 3.63) is 85.1 Å². The van der Waals surface area contributed by atoms with Crippen molar-refractivity contribution in [3.8, 4) is 0 Å². The van der Waals surface area contributed by atoms with Crippen LogP contribution in [0.25, 0.3) is 0 Å². The lowest BCUT2D eigenvalue weighted by molar-refractivity contribution is -0.280. The van der Waals surface area contributed by atoms with Gasteiger partial charge in [-0.25, -0.2) is 0 Å². The van der Waals surface area contributed by atoms with E-state index in [1.807, 2.05) is 49.5 Å². The Bertz CT molecular complexity index is 1700. The van der Waals surface area contributed by atoms with Crippen molar-refractivity contribution < 1.29 is 84.3 Å². The molecule has 3 aliphatic heterocycles. The summed E-state index contributed by atoms with van der Waals surface area (Å²) in [6, 6.07) is -1.12. The van der Waals surface area contributed by atoms with Crippen LogP contribution in [-0.4, -0.2) is 174 Å². The number of allylic oxidation sites excluding steroid dienone is 12. The van der Waals surface area contributed by atoms with E-state index < -0.39 is 141 Å². The van der Waals surface area contributed by atoms with Crippen LogP contribution in [0.5, 0.6) is 0 Å². The predicted octanol–water partition coefficient (Wildman–Crippen LogP) is 1.23. The first-order chi connectivity index (χ1) is 32.2. The van der Waals surface area contributed by atoms with E-state index in [4.69, 9.17) is 29.4 Å². The van der Waals surface area contributed by atoms with Gasteiger partial charge in [-0.1, -0.05) is 106 Å². The highest BCUT2D eigenvalue weighted by Crippen LogP contribution is 2.34. The predicted molar refractivity (Wildman–Crippen MR) is 251 cm³/mol. The highest BCUT2D eigenvalue weighted by atomic mass is 16.7. The van der Waals surface area contributed by atoms with Crippen molar-refractivity contribution in [1.82, 2.24) is 0 Å².